The van der Waals surface area contributed by atoms with Crippen molar-refractivity contribution in [1.29, 1.82) is 0 Å². The van der Waals surface area contributed by atoms with Crippen LogP contribution in [-0.4, -0.2) is 15.8 Å². The average molecular weight is 566 g/mol. The Kier molecular flexibility index (Phi) is 7.29. The number of ether oxygens (including phenoxy) is 1. The minimum atomic E-state index is -4.52. The second-order valence-electron chi connectivity index (χ2n) is 10.5. The van der Waals surface area contributed by atoms with Crippen LogP contribution in [0.4, 0.5) is 13.2 Å². The van der Waals surface area contributed by atoms with Gasteiger partial charge in [0.1, 0.15) is 11.6 Å². The summed E-state index contributed by atoms with van der Waals surface area (Å²) in [6.45, 7) is 5.81. The van der Waals surface area contributed by atoms with Crippen molar-refractivity contribution in [2.45, 2.75) is 51.4 Å². The Labute approximate surface area is 235 Å². The van der Waals surface area contributed by atoms with E-state index in [-0.39, 0.29) is 16.8 Å². The standard InChI is InChI=1S/C30H27ClF3N5O/c1-18(37-38-35)40-26-15-10-20(16-25(26)31)19-8-13-22(14-9-19)39-17-27(29(2,3)21-11-12-21)36-28(39)23-6-4-5-7-24(23)30(32,33)34/h4-10,13-18,21H,11-12H2,1-3H3. The van der Waals surface area contributed by atoms with Crippen LogP contribution in [0.25, 0.3) is 38.6 Å². The zero-order valence-electron chi connectivity index (χ0n) is 22.2. The second-order valence-corrected chi connectivity index (χ2v) is 10.9. The first-order valence-corrected chi connectivity index (χ1v) is 13.2. The average Bonchev–Trinajstić information content (AvgIpc) is 3.69. The molecule has 0 radical (unpaired) electrons. The van der Waals surface area contributed by atoms with Gasteiger partial charge in [0.25, 0.3) is 0 Å². The summed E-state index contributed by atoms with van der Waals surface area (Å²) in [4.78, 5) is 7.53. The second kappa shape index (κ2) is 10.6. The van der Waals surface area contributed by atoms with Crippen molar-refractivity contribution in [2.24, 2.45) is 11.0 Å². The number of nitrogens with zero attached hydrogens (tertiary/aromatic N) is 5. The van der Waals surface area contributed by atoms with E-state index < -0.39 is 18.0 Å². The maximum absolute atomic E-state index is 14.0. The van der Waals surface area contributed by atoms with Crippen molar-refractivity contribution < 1.29 is 17.9 Å². The van der Waals surface area contributed by atoms with Crippen LogP contribution in [0.1, 0.15) is 44.9 Å². The molecule has 0 amide bonds. The van der Waals surface area contributed by atoms with E-state index in [0.29, 0.717) is 22.4 Å². The fourth-order valence-corrected chi connectivity index (χ4v) is 5.11. The summed E-state index contributed by atoms with van der Waals surface area (Å²) in [6.07, 6.45) is -1.20. The number of hydrogen-bond acceptors (Lipinski definition) is 3. The van der Waals surface area contributed by atoms with Gasteiger partial charge in [-0.1, -0.05) is 67.0 Å². The summed E-state index contributed by atoms with van der Waals surface area (Å²) in [7, 11) is 0. The molecule has 1 aliphatic rings. The molecule has 0 bridgehead atoms. The Hall–Kier alpha value is -3.94. The van der Waals surface area contributed by atoms with Crippen LogP contribution in [-0.2, 0) is 11.6 Å². The van der Waals surface area contributed by atoms with Gasteiger partial charge in [-0.2, -0.15) is 13.2 Å². The molecule has 1 aliphatic carbocycles. The van der Waals surface area contributed by atoms with Gasteiger partial charge in [0.05, 0.1) is 16.3 Å². The van der Waals surface area contributed by atoms with Crippen LogP contribution in [0.15, 0.2) is 78.0 Å². The minimum Gasteiger partial charge on any atom is -0.483 e. The van der Waals surface area contributed by atoms with E-state index in [4.69, 9.17) is 26.9 Å². The monoisotopic (exact) mass is 565 g/mol. The van der Waals surface area contributed by atoms with Crippen molar-refractivity contribution in [2.75, 3.05) is 0 Å². The first-order valence-electron chi connectivity index (χ1n) is 12.9. The third-order valence-corrected chi connectivity index (χ3v) is 7.66. The number of aromatic nitrogens is 2. The maximum Gasteiger partial charge on any atom is 0.417 e. The van der Waals surface area contributed by atoms with Gasteiger partial charge in [0, 0.05) is 27.8 Å². The normalized spacial score (nSPS) is 14.5. The molecule has 1 atom stereocenters. The van der Waals surface area contributed by atoms with Crippen LogP contribution < -0.4 is 4.74 Å². The summed E-state index contributed by atoms with van der Waals surface area (Å²) >= 11 is 6.40. The van der Waals surface area contributed by atoms with Gasteiger partial charge < -0.3 is 4.74 Å². The molecule has 40 heavy (non-hydrogen) atoms. The van der Waals surface area contributed by atoms with Gasteiger partial charge in [-0.25, -0.2) is 4.98 Å². The van der Waals surface area contributed by atoms with E-state index in [0.717, 1.165) is 35.7 Å². The van der Waals surface area contributed by atoms with E-state index >= 15 is 0 Å². The van der Waals surface area contributed by atoms with Crippen LogP contribution in [0.2, 0.25) is 5.02 Å². The molecule has 1 heterocycles. The summed E-state index contributed by atoms with van der Waals surface area (Å²) in [5.41, 5.74) is 10.8. The highest BCUT2D eigenvalue weighted by Gasteiger charge is 2.42. The molecule has 0 N–H and O–H groups in total. The molecular weight excluding hydrogens is 539 g/mol. The maximum atomic E-state index is 14.0. The summed E-state index contributed by atoms with van der Waals surface area (Å²) in [5.74, 6) is 1.09. The van der Waals surface area contributed by atoms with Crippen molar-refractivity contribution >= 4 is 11.6 Å². The van der Waals surface area contributed by atoms with Crippen molar-refractivity contribution in [1.82, 2.24) is 9.55 Å². The SMILES string of the molecule is CC(N=[N+]=[N-])Oc1ccc(-c2ccc(-n3cc(C(C)(C)C4CC4)nc3-c3ccccc3C(F)(F)F)cc2)cc1Cl. The molecule has 1 saturated carbocycles. The Morgan fingerprint density at radius 1 is 1.05 bits per heavy atom. The lowest BCUT2D eigenvalue weighted by Crippen LogP contribution is -2.20. The molecule has 0 aliphatic heterocycles. The van der Waals surface area contributed by atoms with Gasteiger partial charge in [0.15, 0.2) is 6.23 Å². The number of halogens is 4. The summed E-state index contributed by atoms with van der Waals surface area (Å²) in [6, 6.07) is 18.3. The molecule has 3 aromatic carbocycles. The largest absolute Gasteiger partial charge is 0.483 e. The summed E-state index contributed by atoms with van der Waals surface area (Å²) in [5, 5.41) is 3.84. The van der Waals surface area contributed by atoms with Gasteiger partial charge in [0.2, 0.25) is 0 Å². The highest BCUT2D eigenvalue weighted by Crippen LogP contribution is 2.47. The minimum absolute atomic E-state index is 0.0363. The molecule has 1 fully saturated rings. The smallest absolute Gasteiger partial charge is 0.417 e. The third-order valence-electron chi connectivity index (χ3n) is 7.36. The number of hydrogen-bond donors (Lipinski definition) is 0. The molecule has 1 aromatic heterocycles. The molecule has 1 unspecified atom stereocenters. The first-order chi connectivity index (χ1) is 19.0. The molecule has 0 spiro atoms. The Balaban J connectivity index is 1.54. The van der Waals surface area contributed by atoms with Gasteiger partial charge in [-0.3, -0.25) is 4.57 Å². The highest BCUT2D eigenvalue weighted by molar-refractivity contribution is 6.32. The van der Waals surface area contributed by atoms with E-state index in [1.807, 2.05) is 36.5 Å². The van der Waals surface area contributed by atoms with Crippen molar-refractivity contribution in [3.63, 3.8) is 0 Å². The molecule has 6 nitrogen and oxygen atoms in total. The fraction of sp³-hybridized carbons (Fsp3) is 0.300. The van der Waals surface area contributed by atoms with Gasteiger partial charge in [-0.05, 0) is 72.7 Å². The number of rotatable bonds is 8. The topological polar surface area (TPSA) is 75.8 Å². The Morgan fingerprint density at radius 3 is 2.35 bits per heavy atom. The van der Waals surface area contributed by atoms with Gasteiger partial charge >= 0.3 is 6.18 Å². The predicted molar refractivity (Wildman–Crippen MR) is 149 cm³/mol. The lowest BCUT2D eigenvalue weighted by Gasteiger charge is -2.21. The van der Waals surface area contributed by atoms with E-state index in [1.165, 1.54) is 12.1 Å². The molecular formula is C30H27ClF3N5O. The third kappa shape index (κ3) is 5.53. The van der Waals surface area contributed by atoms with Crippen molar-refractivity contribution in [3.8, 4) is 34.0 Å². The Bertz CT molecular complexity index is 1590. The summed E-state index contributed by atoms with van der Waals surface area (Å²) < 4.78 is 49.2. The number of azide groups is 1. The molecule has 4 aromatic rings. The molecule has 10 heteroatoms. The van der Waals surface area contributed by atoms with E-state index in [2.05, 4.69) is 23.9 Å². The zero-order chi connectivity index (χ0) is 28.7. The van der Waals surface area contributed by atoms with E-state index in [9.17, 15) is 13.2 Å². The molecule has 5 rings (SSSR count). The van der Waals surface area contributed by atoms with Crippen LogP contribution in [0.3, 0.4) is 0 Å². The lowest BCUT2D eigenvalue weighted by atomic mass is 9.84. The number of imidazole rings is 1. The van der Waals surface area contributed by atoms with E-state index in [1.54, 1.807) is 29.7 Å². The highest BCUT2D eigenvalue weighted by atomic mass is 35.5. The zero-order valence-corrected chi connectivity index (χ0v) is 22.9. The van der Waals surface area contributed by atoms with Crippen LogP contribution >= 0.6 is 11.6 Å². The van der Waals surface area contributed by atoms with Gasteiger partial charge in [-0.15, -0.1) is 0 Å². The Morgan fingerprint density at radius 2 is 1.73 bits per heavy atom. The lowest BCUT2D eigenvalue weighted by molar-refractivity contribution is -0.137. The van der Waals surface area contributed by atoms with Crippen LogP contribution in [0, 0.1) is 5.92 Å². The quantitative estimate of drug-likeness (QED) is 0.121. The first kappa shape index (κ1) is 27.6. The fourth-order valence-electron chi connectivity index (χ4n) is 4.89. The van der Waals surface area contributed by atoms with Crippen molar-refractivity contribution in [3.05, 3.63) is 99.6 Å². The van der Waals surface area contributed by atoms with Crippen LogP contribution in [0.5, 0.6) is 5.75 Å². The number of alkyl halides is 3. The number of benzene rings is 3. The molecule has 206 valence electrons. The predicted octanol–water partition coefficient (Wildman–Crippen LogP) is 9.60. The molecule has 0 saturated heterocycles.